The molecule has 6 heteroatoms. The Morgan fingerprint density at radius 3 is 2.86 bits per heavy atom. The van der Waals surface area contributed by atoms with E-state index >= 15 is 0 Å². The molecule has 0 radical (unpaired) electrons. The van der Waals surface area contributed by atoms with Gasteiger partial charge >= 0.3 is 0 Å². The fraction of sp³-hybridized carbons (Fsp3) is 0.125. The lowest BCUT2D eigenvalue weighted by Gasteiger charge is -2.08. The largest absolute Gasteiger partial charge is 0.380 e. The Hall–Kier alpha value is -2.57. The summed E-state index contributed by atoms with van der Waals surface area (Å²) in [7, 11) is 0. The molecule has 110 valence electrons. The fourth-order valence-corrected chi connectivity index (χ4v) is 2.88. The molecule has 0 aliphatic carbocycles. The van der Waals surface area contributed by atoms with Crippen LogP contribution in [0, 0.1) is 5.82 Å². The van der Waals surface area contributed by atoms with Gasteiger partial charge in [-0.3, -0.25) is 9.36 Å². The number of nitrogens with zero attached hydrogens (tertiary/aromatic N) is 2. The third kappa shape index (κ3) is 1.65. The van der Waals surface area contributed by atoms with Crippen molar-refractivity contribution in [2.24, 2.45) is 5.73 Å². The van der Waals surface area contributed by atoms with Crippen molar-refractivity contribution in [3.05, 3.63) is 69.5 Å². The van der Waals surface area contributed by atoms with Crippen molar-refractivity contribution in [3.63, 3.8) is 0 Å². The van der Waals surface area contributed by atoms with Gasteiger partial charge in [0.05, 0.1) is 16.6 Å². The van der Waals surface area contributed by atoms with E-state index in [9.17, 15) is 14.3 Å². The monoisotopic (exact) mass is 297 g/mol. The molecule has 1 unspecified atom stereocenters. The predicted octanol–water partition coefficient (Wildman–Crippen LogP) is 1.38. The van der Waals surface area contributed by atoms with Crippen LogP contribution in [0.5, 0.6) is 0 Å². The molecule has 0 fully saturated rings. The van der Waals surface area contributed by atoms with Gasteiger partial charge in [0.2, 0.25) is 0 Å². The van der Waals surface area contributed by atoms with Crippen molar-refractivity contribution < 1.29 is 9.50 Å². The summed E-state index contributed by atoms with van der Waals surface area (Å²) in [4.78, 5) is 17.1. The lowest BCUT2D eigenvalue weighted by atomic mass is 10.1. The van der Waals surface area contributed by atoms with Gasteiger partial charge in [-0.2, -0.15) is 0 Å². The third-order valence-electron chi connectivity index (χ3n) is 3.96. The highest BCUT2D eigenvalue weighted by molar-refractivity contribution is 5.79. The van der Waals surface area contributed by atoms with Crippen LogP contribution in [0.2, 0.25) is 0 Å². The van der Waals surface area contributed by atoms with Crippen LogP contribution in [-0.4, -0.2) is 14.7 Å². The summed E-state index contributed by atoms with van der Waals surface area (Å²) >= 11 is 0. The minimum absolute atomic E-state index is 0.207. The molecule has 22 heavy (non-hydrogen) atoms. The molecular formula is C16H12FN3O2. The zero-order chi connectivity index (χ0) is 15.4. The number of aliphatic hydroxyl groups excluding tert-OH is 1. The van der Waals surface area contributed by atoms with E-state index in [1.807, 2.05) is 0 Å². The van der Waals surface area contributed by atoms with E-state index in [1.54, 1.807) is 18.2 Å². The van der Waals surface area contributed by atoms with Crippen LogP contribution in [0.4, 0.5) is 4.39 Å². The first-order valence-corrected chi connectivity index (χ1v) is 6.83. The Morgan fingerprint density at radius 1 is 1.27 bits per heavy atom. The average molecular weight is 297 g/mol. The predicted molar refractivity (Wildman–Crippen MR) is 79.3 cm³/mol. The molecular weight excluding hydrogens is 285 g/mol. The molecule has 1 aliphatic rings. The van der Waals surface area contributed by atoms with E-state index in [0.717, 1.165) is 5.56 Å². The summed E-state index contributed by atoms with van der Waals surface area (Å²) in [5.41, 5.74) is 7.43. The SMILES string of the molecule is NCc1ccc2nc3n(c(=O)c2c1)-c1ccc(F)cc1C3O. The number of hydrogen-bond donors (Lipinski definition) is 2. The van der Waals surface area contributed by atoms with Crippen LogP contribution in [0.1, 0.15) is 23.1 Å². The normalized spacial score (nSPS) is 15.9. The van der Waals surface area contributed by atoms with Crippen molar-refractivity contribution in [2.75, 3.05) is 0 Å². The van der Waals surface area contributed by atoms with Gasteiger partial charge < -0.3 is 10.8 Å². The number of rotatable bonds is 1. The lowest BCUT2D eigenvalue weighted by Crippen LogP contribution is -2.21. The number of aliphatic hydroxyl groups is 1. The van der Waals surface area contributed by atoms with Crippen LogP contribution in [-0.2, 0) is 6.54 Å². The van der Waals surface area contributed by atoms with E-state index in [-0.39, 0.29) is 11.4 Å². The highest BCUT2D eigenvalue weighted by Crippen LogP contribution is 2.34. The fourth-order valence-electron chi connectivity index (χ4n) is 2.88. The standard InChI is InChI=1S/C16H12FN3O2/c17-9-2-4-13-11(6-9)14(21)15-19-12-3-1-8(7-18)5-10(12)16(22)20(13)15/h1-6,14,21H,7,18H2. The van der Waals surface area contributed by atoms with Gasteiger partial charge in [0, 0.05) is 12.1 Å². The van der Waals surface area contributed by atoms with Crippen LogP contribution in [0.15, 0.2) is 41.2 Å². The first kappa shape index (κ1) is 13.1. The molecule has 1 aromatic heterocycles. The highest BCUT2D eigenvalue weighted by atomic mass is 19.1. The second kappa shape index (κ2) is 4.46. The zero-order valence-corrected chi connectivity index (χ0v) is 11.5. The molecule has 1 aliphatic heterocycles. The second-order valence-electron chi connectivity index (χ2n) is 5.27. The van der Waals surface area contributed by atoms with E-state index < -0.39 is 11.9 Å². The number of aromatic nitrogens is 2. The van der Waals surface area contributed by atoms with Gasteiger partial charge in [0.1, 0.15) is 11.9 Å². The van der Waals surface area contributed by atoms with Crippen LogP contribution >= 0.6 is 0 Å². The van der Waals surface area contributed by atoms with Crippen molar-refractivity contribution in [1.29, 1.82) is 0 Å². The first-order valence-electron chi connectivity index (χ1n) is 6.83. The van der Waals surface area contributed by atoms with E-state index in [4.69, 9.17) is 5.73 Å². The van der Waals surface area contributed by atoms with Crippen molar-refractivity contribution in [1.82, 2.24) is 9.55 Å². The minimum atomic E-state index is -1.11. The molecule has 3 N–H and O–H groups in total. The molecule has 0 spiro atoms. The maximum atomic E-state index is 13.4. The topological polar surface area (TPSA) is 81.1 Å². The molecule has 0 bridgehead atoms. The summed E-state index contributed by atoms with van der Waals surface area (Å²) in [5, 5.41) is 10.8. The van der Waals surface area contributed by atoms with Gasteiger partial charge in [-0.1, -0.05) is 6.07 Å². The summed E-state index contributed by atoms with van der Waals surface area (Å²) in [6, 6.07) is 9.16. The summed E-state index contributed by atoms with van der Waals surface area (Å²) < 4.78 is 14.7. The van der Waals surface area contributed by atoms with Crippen LogP contribution in [0.3, 0.4) is 0 Å². The van der Waals surface area contributed by atoms with Crippen molar-refractivity contribution in [2.45, 2.75) is 12.6 Å². The molecule has 4 rings (SSSR count). The Labute approximate surface area is 124 Å². The Bertz CT molecular complexity index is 981. The highest BCUT2D eigenvalue weighted by Gasteiger charge is 2.30. The maximum Gasteiger partial charge on any atom is 0.266 e. The van der Waals surface area contributed by atoms with Gasteiger partial charge in [0.15, 0.2) is 5.82 Å². The molecule has 2 aromatic carbocycles. The van der Waals surface area contributed by atoms with Gasteiger partial charge in [-0.05, 0) is 35.9 Å². The number of hydrogen-bond acceptors (Lipinski definition) is 4. The lowest BCUT2D eigenvalue weighted by molar-refractivity contribution is 0.215. The van der Waals surface area contributed by atoms with Gasteiger partial charge in [0.25, 0.3) is 5.56 Å². The molecule has 5 nitrogen and oxygen atoms in total. The van der Waals surface area contributed by atoms with Crippen molar-refractivity contribution in [3.8, 4) is 5.69 Å². The molecule has 1 atom stereocenters. The molecule has 3 aromatic rings. The third-order valence-corrected chi connectivity index (χ3v) is 3.96. The van der Waals surface area contributed by atoms with Crippen LogP contribution in [0.25, 0.3) is 16.6 Å². The summed E-state index contributed by atoms with van der Waals surface area (Å²) in [6.45, 7) is 0.321. The van der Waals surface area contributed by atoms with Gasteiger partial charge in [-0.25, -0.2) is 9.37 Å². The Kier molecular flexibility index (Phi) is 2.66. The van der Waals surface area contributed by atoms with Crippen LogP contribution < -0.4 is 11.3 Å². The first-order chi connectivity index (χ1) is 10.6. The van der Waals surface area contributed by atoms with E-state index in [0.29, 0.717) is 28.7 Å². The summed E-state index contributed by atoms with van der Waals surface area (Å²) in [5.74, 6) is -0.257. The second-order valence-corrected chi connectivity index (χ2v) is 5.27. The molecule has 0 amide bonds. The minimum Gasteiger partial charge on any atom is -0.380 e. The van der Waals surface area contributed by atoms with Gasteiger partial charge in [-0.15, -0.1) is 0 Å². The average Bonchev–Trinajstić information content (AvgIpc) is 2.80. The van der Waals surface area contributed by atoms with E-state index in [2.05, 4.69) is 4.98 Å². The molecule has 0 saturated carbocycles. The number of nitrogens with two attached hydrogens (primary N) is 1. The summed E-state index contributed by atoms with van der Waals surface area (Å²) in [6.07, 6.45) is -1.11. The quantitative estimate of drug-likeness (QED) is 0.711. The smallest absolute Gasteiger partial charge is 0.266 e. The molecule has 0 saturated heterocycles. The number of fused-ring (bicyclic) bond motifs is 4. The molecule has 2 heterocycles. The number of benzene rings is 2. The number of halogens is 1. The Morgan fingerprint density at radius 2 is 2.09 bits per heavy atom. The zero-order valence-electron chi connectivity index (χ0n) is 11.5. The maximum absolute atomic E-state index is 13.4. The Balaban J connectivity index is 2.10. The van der Waals surface area contributed by atoms with E-state index in [1.165, 1.54) is 22.8 Å². The van der Waals surface area contributed by atoms with Crippen molar-refractivity contribution >= 4 is 10.9 Å².